The Morgan fingerprint density at radius 3 is 2.28 bits per heavy atom. The first kappa shape index (κ1) is 21.6. The Morgan fingerprint density at radius 2 is 1.59 bits per heavy atom. The summed E-state index contributed by atoms with van der Waals surface area (Å²) in [4.78, 5) is 27.4. The van der Waals surface area contributed by atoms with Gasteiger partial charge in [-0.3, -0.25) is 9.59 Å². The molecule has 1 aliphatic rings. The van der Waals surface area contributed by atoms with E-state index in [1.807, 2.05) is 0 Å². The Balaban J connectivity index is 1.83. The summed E-state index contributed by atoms with van der Waals surface area (Å²) in [7, 11) is 0. The van der Waals surface area contributed by atoms with Crippen LogP contribution < -0.4 is 10.2 Å². The molecule has 0 radical (unpaired) electrons. The van der Waals surface area contributed by atoms with Crippen molar-refractivity contribution in [3.63, 3.8) is 0 Å². The number of carbonyl (C=O) groups is 2. The van der Waals surface area contributed by atoms with Gasteiger partial charge in [-0.2, -0.15) is 13.2 Å². The number of aryl methyl sites for hydroxylation is 1. The van der Waals surface area contributed by atoms with E-state index in [9.17, 15) is 22.8 Å². The number of alkyl halides is 3. The van der Waals surface area contributed by atoms with Gasteiger partial charge in [0.25, 0.3) is 11.8 Å². The molecule has 1 N–H and O–H groups in total. The fraction of sp³-hybridized carbons (Fsp3) is 0.0833. The molecule has 0 spiro atoms. The van der Waals surface area contributed by atoms with E-state index in [4.69, 9.17) is 11.6 Å². The van der Waals surface area contributed by atoms with Crippen molar-refractivity contribution in [1.82, 2.24) is 0 Å². The second-order valence-electron chi connectivity index (χ2n) is 7.19. The first-order chi connectivity index (χ1) is 15.2. The Labute approximate surface area is 186 Å². The number of rotatable bonds is 4. The maximum Gasteiger partial charge on any atom is 0.416 e. The maximum atomic E-state index is 13.3. The van der Waals surface area contributed by atoms with E-state index in [1.165, 1.54) is 6.07 Å². The van der Waals surface area contributed by atoms with E-state index in [2.05, 4.69) is 5.32 Å². The Hall–Kier alpha value is -3.58. The van der Waals surface area contributed by atoms with Crippen LogP contribution in [0.1, 0.15) is 16.7 Å². The highest BCUT2D eigenvalue weighted by atomic mass is 35.5. The molecule has 0 atom stereocenters. The van der Waals surface area contributed by atoms with Crippen LogP contribution in [0.25, 0.3) is 5.57 Å². The van der Waals surface area contributed by atoms with Crippen molar-refractivity contribution in [3.05, 3.63) is 100 Å². The molecular formula is C24H16ClF3N2O2. The Kier molecular flexibility index (Phi) is 5.52. The van der Waals surface area contributed by atoms with E-state index >= 15 is 0 Å². The molecule has 162 valence electrons. The molecule has 4 nitrogen and oxygen atoms in total. The summed E-state index contributed by atoms with van der Waals surface area (Å²) in [5.74, 6) is -1.48. The molecule has 4 rings (SSSR count). The largest absolute Gasteiger partial charge is 0.416 e. The van der Waals surface area contributed by atoms with E-state index in [1.54, 1.807) is 55.5 Å². The lowest BCUT2D eigenvalue weighted by Gasteiger charge is -2.17. The fourth-order valence-corrected chi connectivity index (χ4v) is 3.61. The molecule has 1 heterocycles. The van der Waals surface area contributed by atoms with Gasteiger partial charge in [-0.05, 0) is 48.4 Å². The Morgan fingerprint density at radius 1 is 0.875 bits per heavy atom. The monoisotopic (exact) mass is 456 g/mol. The predicted octanol–water partition coefficient (Wildman–Crippen LogP) is 6.06. The average Bonchev–Trinajstić information content (AvgIpc) is 3.00. The lowest BCUT2D eigenvalue weighted by molar-refractivity contribution is -0.137. The summed E-state index contributed by atoms with van der Waals surface area (Å²) >= 11 is 6.08. The number of benzene rings is 3. The van der Waals surface area contributed by atoms with Gasteiger partial charge in [0.1, 0.15) is 5.70 Å². The molecule has 0 fully saturated rings. The van der Waals surface area contributed by atoms with Gasteiger partial charge in [0.15, 0.2) is 0 Å². The molecule has 8 heteroatoms. The van der Waals surface area contributed by atoms with Crippen molar-refractivity contribution >= 4 is 40.4 Å². The van der Waals surface area contributed by atoms with E-state index in [0.717, 1.165) is 28.7 Å². The van der Waals surface area contributed by atoms with Gasteiger partial charge in [-0.1, -0.05) is 54.1 Å². The second kappa shape index (κ2) is 8.16. The normalized spacial score (nSPS) is 14.3. The zero-order valence-corrected chi connectivity index (χ0v) is 17.5. The minimum absolute atomic E-state index is 0.0380. The molecule has 3 aromatic carbocycles. The first-order valence-corrected chi connectivity index (χ1v) is 9.93. The fourth-order valence-electron chi connectivity index (χ4n) is 3.44. The molecule has 1 aliphatic heterocycles. The summed E-state index contributed by atoms with van der Waals surface area (Å²) < 4.78 is 39.6. The zero-order chi connectivity index (χ0) is 23.0. The minimum Gasteiger partial charge on any atom is -0.350 e. The van der Waals surface area contributed by atoms with Crippen molar-refractivity contribution in [2.24, 2.45) is 0 Å². The number of halogens is 4. The van der Waals surface area contributed by atoms with Crippen molar-refractivity contribution in [1.29, 1.82) is 0 Å². The third-order valence-corrected chi connectivity index (χ3v) is 5.27. The van der Waals surface area contributed by atoms with Crippen LogP contribution >= 0.6 is 11.6 Å². The van der Waals surface area contributed by atoms with E-state index in [-0.39, 0.29) is 17.0 Å². The molecule has 0 saturated heterocycles. The topological polar surface area (TPSA) is 49.4 Å². The van der Waals surface area contributed by atoms with Crippen molar-refractivity contribution in [2.45, 2.75) is 13.1 Å². The number of imide groups is 1. The van der Waals surface area contributed by atoms with Crippen LogP contribution in [0.5, 0.6) is 0 Å². The van der Waals surface area contributed by atoms with Crippen LogP contribution in [0, 0.1) is 6.92 Å². The minimum atomic E-state index is -4.61. The van der Waals surface area contributed by atoms with E-state index in [0.29, 0.717) is 16.3 Å². The van der Waals surface area contributed by atoms with Gasteiger partial charge in [-0.25, -0.2) is 4.90 Å². The number of nitrogens with zero attached hydrogens (tertiary/aromatic N) is 1. The summed E-state index contributed by atoms with van der Waals surface area (Å²) in [5, 5.41) is 3.41. The lowest BCUT2D eigenvalue weighted by Crippen LogP contribution is -2.32. The zero-order valence-electron chi connectivity index (χ0n) is 16.7. The molecule has 0 saturated carbocycles. The van der Waals surface area contributed by atoms with Gasteiger partial charge < -0.3 is 5.32 Å². The number of amides is 2. The molecule has 0 unspecified atom stereocenters. The number of anilines is 2. The third-order valence-electron chi connectivity index (χ3n) is 5.04. The van der Waals surface area contributed by atoms with Gasteiger partial charge in [0.2, 0.25) is 0 Å². The third kappa shape index (κ3) is 3.99. The smallest absolute Gasteiger partial charge is 0.350 e. The lowest BCUT2D eigenvalue weighted by atomic mass is 10.0. The standard InChI is InChI=1S/C24H16ClF3N2O2/c1-14-10-11-17(25)13-19(14)29-21-20(15-6-3-2-4-7-15)22(31)30(23(21)32)18-9-5-8-16(12-18)24(26,27)28/h2-13,29H,1H3. The molecule has 2 amide bonds. The van der Waals surface area contributed by atoms with E-state index < -0.39 is 23.6 Å². The highest BCUT2D eigenvalue weighted by Gasteiger charge is 2.41. The number of carbonyl (C=O) groups excluding carboxylic acids is 2. The van der Waals surface area contributed by atoms with Crippen molar-refractivity contribution < 1.29 is 22.8 Å². The van der Waals surface area contributed by atoms with Gasteiger partial charge >= 0.3 is 6.18 Å². The first-order valence-electron chi connectivity index (χ1n) is 9.56. The number of hydrogen-bond donors (Lipinski definition) is 1. The quantitative estimate of drug-likeness (QED) is 0.485. The molecule has 3 aromatic rings. The molecule has 0 aliphatic carbocycles. The summed E-state index contributed by atoms with van der Waals surface area (Å²) in [5.41, 5.74) is 0.644. The maximum absolute atomic E-state index is 13.3. The molecule has 32 heavy (non-hydrogen) atoms. The second-order valence-corrected chi connectivity index (χ2v) is 7.63. The van der Waals surface area contributed by atoms with Crippen LogP contribution in [0.3, 0.4) is 0 Å². The number of hydrogen-bond acceptors (Lipinski definition) is 3. The van der Waals surface area contributed by atoms with Crippen LogP contribution in [0.4, 0.5) is 24.5 Å². The van der Waals surface area contributed by atoms with Crippen molar-refractivity contribution in [3.8, 4) is 0 Å². The Bertz CT molecular complexity index is 1250. The molecule has 0 bridgehead atoms. The van der Waals surface area contributed by atoms with Crippen LogP contribution in [-0.4, -0.2) is 11.8 Å². The summed E-state index contributed by atoms with van der Waals surface area (Å²) in [6.07, 6.45) is -4.61. The highest BCUT2D eigenvalue weighted by Crippen LogP contribution is 2.37. The summed E-state index contributed by atoms with van der Waals surface area (Å²) in [6.45, 7) is 1.80. The van der Waals surface area contributed by atoms with Crippen molar-refractivity contribution in [2.75, 3.05) is 10.2 Å². The van der Waals surface area contributed by atoms with Crippen LogP contribution in [0.15, 0.2) is 78.5 Å². The average molecular weight is 457 g/mol. The van der Waals surface area contributed by atoms with Gasteiger partial charge in [0.05, 0.1) is 16.8 Å². The van der Waals surface area contributed by atoms with Gasteiger partial charge in [-0.15, -0.1) is 0 Å². The predicted molar refractivity (Wildman–Crippen MR) is 117 cm³/mol. The highest BCUT2D eigenvalue weighted by molar-refractivity contribution is 6.46. The van der Waals surface area contributed by atoms with Crippen LogP contribution in [0.2, 0.25) is 5.02 Å². The van der Waals surface area contributed by atoms with Gasteiger partial charge in [0, 0.05) is 10.7 Å². The van der Waals surface area contributed by atoms with Crippen LogP contribution in [-0.2, 0) is 15.8 Å². The molecular weight excluding hydrogens is 441 g/mol. The summed E-state index contributed by atoms with van der Waals surface area (Å²) in [6, 6.07) is 17.6. The molecule has 0 aromatic heterocycles. The SMILES string of the molecule is Cc1ccc(Cl)cc1NC1=C(c2ccccc2)C(=O)N(c2cccc(C(F)(F)F)c2)C1=O. The number of nitrogens with one attached hydrogen (secondary N) is 1.